The number of aliphatic hydroxyl groups excluding tert-OH is 1. The lowest BCUT2D eigenvalue weighted by Gasteiger charge is -2.37. The molecule has 1 rings (SSSR count). The first-order chi connectivity index (χ1) is 7.70. The van der Waals surface area contributed by atoms with Crippen molar-refractivity contribution in [1.82, 2.24) is 4.90 Å². The first-order valence-electron chi connectivity index (χ1n) is 6.29. The van der Waals surface area contributed by atoms with Crippen LogP contribution in [0.1, 0.15) is 46.0 Å². The van der Waals surface area contributed by atoms with Gasteiger partial charge in [0.2, 0.25) is 5.91 Å². The van der Waals surface area contributed by atoms with Crippen molar-refractivity contribution in [2.45, 2.75) is 52.0 Å². The van der Waals surface area contributed by atoms with Gasteiger partial charge in [-0.15, -0.1) is 0 Å². The Labute approximate surface area is 98.1 Å². The van der Waals surface area contributed by atoms with Crippen molar-refractivity contribution in [2.75, 3.05) is 13.2 Å². The number of carbonyl (C=O) groups is 1. The molecule has 3 nitrogen and oxygen atoms in total. The molecule has 16 heavy (non-hydrogen) atoms. The molecule has 92 valence electrons. The largest absolute Gasteiger partial charge is 0.396 e. The van der Waals surface area contributed by atoms with Gasteiger partial charge in [0.05, 0.1) is 0 Å². The number of hydrogen-bond acceptors (Lipinski definition) is 2. The molecule has 0 bridgehead atoms. The van der Waals surface area contributed by atoms with Crippen molar-refractivity contribution < 1.29 is 9.90 Å². The third kappa shape index (κ3) is 3.34. The van der Waals surface area contributed by atoms with Crippen LogP contribution in [0.3, 0.4) is 0 Å². The number of nitrogens with zero attached hydrogens (tertiary/aromatic N) is 1. The second-order valence-electron chi connectivity index (χ2n) is 4.46. The topological polar surface area (TPSA) is 40.5 Å². The zero-order chi connectivity index (χ0) is 12.0. The van der Waals surface area contributed by atoms with Crippen LogP contribution < -0.4 is 0 Å². The van der Waals surface area contributed by atoms with E-state index in [1.54, 1.807) is 0 Å². The van der Waals surface area contributed by atoms with E-state index in [4.69, 9.17) is 5.11 Å². The Bertz CT molecular complexity index is 257. The molecule has 1 aliphatic rings. The quantitative estimate of drug-likeness (QED) is 0.703. The van der Waals surface area contributed by atoms with Gasteiger partial charge in [-0.25, -0.2) is 0 Å². The lowest BCUT2D eigenvalue weighted by molar-refractivity contribution is -0.131. The fourth-order valence-electron chi connectivity index (χ4n) is 2.01. The van der Waals surface area contributed by atoms with Gasteiger partial charge >= 0.3 is 0 Å². The van der Waals surface area contributed by atoms with Gasteiger partial charge in [-0.2, -0.15) is 0 Å². The molecule has 1 N–H and O–H groups in total. The second-order valence-corrected chi connectivity index (χ2v) is 4.46. The fraction of sp³-hybridized carbons (Fsp3) is 0.769. The predicted octanol–water partition coefficient (Wildman–Crippen LogP) is 2.11. The summed E-state index contributed by atoms with van der Waals surface area (Å²) in [5.41, 5.74) is 0.840. The average Bonchev–Trinajstić information content (AvgIpc) is 2.20. The molecule has 0 radical (unpaired) electrons. The van der Waals surface area contributed by atoms with E-state index in [1.807, 2.05) is 24.8 Å². The summed E-state index contributed by atoms with van der Waals surface area (Å²) < 4.78 is 0. The van der Waals surface area contributed by atoms with Gasteiger partial charge in [0, 0.05) is 24.8 Å². The van der Waals surface area contributed by atoms with Gasteiger partial charge in [-0.3, -0.25) is 4.79 Å². The number of rotatable bonds is 6. The third-order valence-electron chi connectivity index (χ3n) is 3.18. The third-order valence-corrected chi connectivity index (χ3v) is 3.18. The van der Waals surface area contributed by atoms with E-state index >= 15 is 0 Å². The number of hydrogen-bond donors (Lipinski definition) is 1. The summed E-state index contributed by atoms with van der Waals surface area (Å²) in [6.45, 7) is 4.77. The van der Waals surface area contributed by atoms with Crippen LogP contribution in [0, 0.1) is 0 Å². The van der Waals surface area contributed by atoms with Crippen LogP contribution >= 0.6 is 0 Å². The normalized spacial score (nSPS) is 17.1. The van der Waals surface area contributed by atoms with Gasteiger partial charge in [0.25, 0.3) is 0 Å². The molecule has 0 aromatic rings. The lowest BCUT2D eigenvalue weighted by Crippen LogP contribution is -2.45. The van der Waals surface area contributed by atoms with Gasteiger partial charge in [-0.05, 0) is 39.0 Å². The smallest absolute Gasteiger partial charge is 0.249 e. The lowest BCUT2D eigenvalue weighted by atomic mass is 9.90. The molecule has 1 aliphatic carbocycles. The summed E-state index contributed by atoms with van der Waals surface area (Å²) in [4.78, 5) is 14.1. The molecule has 0 aromatic carbocycles. The van der Waals surface area contributed by atoms with Crippen LogP contribution in [0.15, 0.2) is 11.6 Å². The molecule has 1 amide bonds. The minimum absolute atomic E-state index is 0.153. The number of carbonyl (C=O) groups excluding carboxylic acids is 1. The minimum atomic E-state index is 0.153. The summed E-state index contributed by atoms with van der Waals surface area (Å²) in [5.74, 6) is 0.153. The van der Waals surface area contributed by atoms with Crippen LogP contribution in [0.2, 0.25) is 0 Å². The van der Waals surface area contributed by atoms with Crippen molar-refractivity contribution >= 4 is 5.91 Å². The predicted molar refractivity (Wildman–Crippen MR) is 65.1 cm³/mol. The maximum absolute atomic E-state index is 12.1. The highest BCUT2D eigenvalue weighted by Crippen LogP contribution is 2.26. The van der Waals surface area contributed by atoms with Crippen molar-refractivity contribution in [3.63, 3.8) is 0 Å². The molecule has 0 spiro atoms. The maximum Gasteiger partial charge on any atom is 0.249 e. The second kappa shape index (κ2) is 6.69. The summed E-state index contributed by atoms with van der Waals surface area (Å²) in [7, 11) is 0. The Balaban J connectivity index is 2.59. The zero-order valence-electron chi connectivity index (χ0n) is 10.4. The minimum Gasteiger partial charge on any atom is -0.396 e. The highest BCUT2D eigenvalue weighted by molar-refractivity contribution is 5.93. The Hall–Kier alpha value is -0.830. The van der Waals surface area contributed by atoms with E-state index in [0.29, 0.717) is 19.0 Å². The number of amides is 1. The van der Waals surface area contributed by atoms with Gasteiger partial charge in [0.1, 0.15) is 0 Å². The number of aliphatic hydroxyl groups is 1. The summed E-state index contributed by atoms with van der Waals surface area (Å²) in [6.07, 6.45) is 7.03. The van der Waals surface area contributed by atoms with E-state index in [9.17, 15) is 4.79 Å². The SMILES string of the molecule is CC/C=C(/C)C(=O)N(CCCO)C1CCC1. The van der Waals surface area contributed by atoms with E-state index < -0.39 is 0 Å². The molecule has 0 atom stereocenters. The molecule has 1 saturated carbocycles. The fourth-order valence-corrected chi connectivity index (χ4v) is 2.01. The Morgan fingerprint density at radius 1 is 1.50 bits per heavy atom. The van der Waals surface area contributed by atoms with Crippen LogP contribution in [-0.4, -0.2) is 35.1 Å². The van der Waals surface area contributed by atoms with Crippen LogP contribution in [0.5, 0.6) is 0 Å². The highest BCUT2D eigenvalue weighted by atomic mass is 16.3. The first kappa shape index (κ1) is 13.2. The summed E-state index contributed by atoms with van der Waals surface area (Å²) >= 11 is 0. The van der Waals surface area contributed by atoms with E-state index in [2.05, 4.69) is 0 Å². The monoisotopic (exact) mass is 225 g/mol. The van der Waals surface area contributed by atoms with E-state index in [1.165, 1.54) is 6.42 Å². The van der Waals surface area contributed by atoms with Crippen molar-refractivity contribution in [3.8, 4) is 0 Å². The summed E-state index contributed by atoms with van der Waals surface area (Å²) in [5, 5.41) is 8.86. The molecule has 0 unspecified atom stereocenters. The molecule has 1 fully saturated rings. The molecule has 0 aliphatic heterocycles. The molecular formula is C13H23NO2. The Morgan fingerprint density at radius 3 is 2.62 bits per heavy atom. The first-order valence-corrected chi connectivity index (χ1v) is 6.29. The standard InChI is InChI=1S/C13H23NO2/c1-3-6-11(2)13(16)14(9-5-10-15)12-7-4-8-12/h6,12,15H,3-5,7-10H2,1-2H3/b11-6-. The zero-order valence-corrected chi connectivity index (χ0v) is 10.4. The van der Waals surface area contributed by atoms with Crippen molar-refractivity contribution in [3.05, 3.63) is 11.6 Å². The van der Waals surface area contributed by atoms with Crippen molar-refractivity contribution in [1.29, 1.82) is 0 Å². The molecule has 0 aromatic heterocycles. The average molecular weight is 225 g/mol. The van der Waals surface area contributed by atoms with Gasteiger partial charge < -0.3 is 10.0 Å². The van der Waals surface area contributed by atoms with Crippen LogP contribution in [0.4, 0.5) is 0 Å². The van der Waals surface area contributed by atoms with Crippen LogP contribution in [-0.2, 0) is 4.79 Å². The maximum atomic E-state index is 12.1. The number of allylic oxidation sites excluding steroid dienone is 1. The molecule has 3 heteroatoms. The van der Waals surface area contributed by atoms with E-state index in [-0.39, 0.29) is 12.5 Å². The van der Waals surface area contributed by atoms with E-state index in [0.717, 1.165) is 24.8 Å². The molecule has 0 heterocycles. The summed E-state index contributed by atoms with van der Waals surface area (Å²) in [6, 6.07) is 0.416. The van der Waals surface area contributed by atoms with Crippen LogP contribution in [0.25, 0.3) is 0 Å². The van der Waals surface area contributed by atoms with Gasteiger partial charge in [0.15, 0.2) is 0 Å². The molecule has 0 saturated heterocycles. The van der Waals surface area contributed by atoms with Crippen molar-refractivity contribution in [2.24, 2.45) is 0 Å². The van der Waals surface area contributed by atoms with Gasteiger partial charge in [-0.1, -0.05) is 13.0 Å². The molecular weight excluding hydrogens is 202 g/mol. The highest BCUT2D eigenvalue weighted by Gasteiger charge is 2.28. The Kier molecular flexibility index (Phi) is 5.53. The Morgan fingerprint density at radius 2 is 2.19 bits per heavy atom.